The monoisotopic (exact) mass is 388 g/mol. The summed E-state index contributed by atoms with van der Waals surface area (Å²) in [5, 5.41) is 2.84. The van der Waals surface area contributed by atoms with Crippen LogP contribution < -0.4 is 5.32 Å². The molecular formula is C18H17BrN2O3. The second kappa shape index (κ2) is 7.59. The highest BCUT2D eigenvalue weighted by molar-refractivity contribution is 9.10. The summed E-state index contributed by atoms with van der Waals surface area (Å²) in [6, 6.07) is 14.1. The Balaban J connectivity index is 1.68. The molecule has 0 unspecified atom stereocenters. The minimum Gasteiger partial charge on any atom is -0.378 e. The van der Waals surface area contributed by atoms with E-state index in [2.05, 4.69) is 21.2 Å². The summed E-state index contributed by atoms with van der Waals surface area (Å²) in [6.07, 6.45) is 0. The zero-order valence-electron chi connectivity index (χ0n) is 13.0. The third-order valence-electron chi connectivity index (χ3n) is 3.81. The molecule has 0 aromatic heterocycles. The highest BCUT2D eigenvalue weighted by Gasteiger charge is 2.18. The van der Waals surface area contributed by atoms with Crippen molar-refractivity contribution in [2.45, 2.75) is 0 Å². The first-order valence-corrected chi connectivity index (χ1v) is 8.47. The Morgan fingerprint density at radius 1 is 0.958 bits per heavy atom. The first kappa shape index (κ1) is 16.7. The van der Waals surface area contributed by atoms with Gasteiger partial charge < -0.3 is 15.0 Å². The maximum absolute atomic E-state index is 12.4. The topological polar surface area (TPSA) is 58.6 Å². The molecule has 124 valence electrons. The number of carbonyl (C=O) groups excluding carboxylic acids is 2. The molecule has 1 aliphatic rings. The van der Waals surface area contributed by atoms with E-state index in [1.165, 1.54) is 0 Å². The molecular weight excluding hydrogens is 372 g/mol. The fourth-order valence-electron chi connectivity index (χ4n) is 2.47. The number of carbonyl (C=O) groups is 2. The summed E-state index contributed by atoms with van der Waals surface area (Å²) in [5.41, 5.74) is 1.79. The Morgan fingerprint density at radius 2 is 1.58 bits per heavy atom. The number of rotatable bonds is 3. The van der Waals surface area contributed by atoms with Crippen molar-refractivity contribution in [3.05, 3.63) is 64.1 Å². The van der Waals surface area contributed by atoms with Gasteiger partial charge in [0.1, 0.15) is 0 Å². The van der Waals surface area contributed by atoms with Crippen LogP contribution in [0.15, 0.2) is 53.0 Å². The van der Waals surface area contributed by atoms with Crippen molar-refractivity contribution in [3.63, 3.8) is 0 Å². The Bertz CT molecular complexity index is 740. The van der Waals surface area contributed by atoms with Gasteiger partial charge in [-0.3, -0.25) is 9.59 Å². The number of benzene rings is 2. The van der Waals surface area contributed by atoms with Gasteiger partial charge in [-0.05, 0) is 52.3 Å². The normalized spacial score (nSPS) is 14.3. The van der Waals surface area contributed by atoms with Crippen molar-refractivity contribution < 1.29 is 14.3 Å². The van der Waals surface area contributed by atoms with E-state index in [9.17, 15) is 9.59 Å². The second-order valence-electron chi connectivity index (χ2n) is 5.42. The molecule has 0 spiro atoms. The number of morpholine rings is 1. The van der Waals surface area contributed by atoms with Crippen LogP contribution in [0.4, 0.5) is 5.69 Å². The SMILES string of the molecule is O=C(Nc1ccccc1Br)c1ccc(C(=O)N2CCOCC2)cc1. The van der Waals surface area contributed by atoms with Crippen LogP contribution in [-0.4, -0.2) is 43.0 Å². The summed E-state index contributed by atoms with van der Waals surface area (Å²) in [5.74, 6) is -0.247. The van der Waals surface area contributed by atoms with Gasteiger partial charge in [-0.25, -0.2) is 0 Å². The summed E-state index contributed by atoms with van der Waals surface area (Å²) in [6.45, 7) is 2.34. The average molecular weight is 389 g/mol. The Hall–Kier alpha value is -2.18. The molecule has 1 N–H and O–H groups in total. The number of hydrogen-bond acceptors (Lipinski definition) is 3. The number of amides is 2. The van der Waals surface area contributed by atoms with Crippen molar-refractivity contribution >= 4 is 33.4 Å². The van der Waals surface area contributed by atoms with Crippen molar-refractivity contribution in [1.29, 1.82) is 0 Å². The van der Waals surface area contributed by atoms with E-state index in [1.807, 2.05) is 24.3 Å². The molecule has 2 amide bonds. The van der Waals surface area contributed by atoms with Crippen molar-refractivity contribution in [3.8, 4) is 0 Å². The summed E-state index contributed by atoms with van der Waals surface area (Å²) in [4.78, 5) is 26.4. The molecule has 24 heavy (non-hydrogen) atoms. The summed E-state index contributed by atoms with van der Waals surface area (Å²) < 4.78 is 6.07. The van der Waals surface area contributed by atoms with Crippen LogP contribution in [0.3, 0.4) is 0 Å². The van der Waals surface area contributed by atoms with Crippen LogP contribution in [0.25, 0.3) is 0 Å². The lowest BCUT2D eigenvalue weighted by Gasteiger charge is -2.26. The first-order valence-electron chi connectivity index (χ1n) is 7.68. The van der Waals surface area contributed by atoms with E-state index < -0.39 is 0 Å². The molecule has 2 aromatic carbocycles. The number of ether oxygens (including phenoxy) is 1. The number of halogens is 1. The van der Waals surface area contributed by atoms with E-state index >= 15 is 0 Å². The number of nitrogens with zero attached hydrogens (tertiary/aromatic N) is 1. The molecule has 1 fully saturated rings. The van der Waals surface area contributed by atoms with E-state index in [4.69, 9.17) is 4.74 Å². The third kappa shape index (κ3) is 3.83. The summed E-state index contributed by atoms with van der Waals surface area (Å²) in [7, 11) is 0. The van der Waals surface area contributed by atoms with Gasteiger partial charge in [-0.1, -0.05) is 12.1 Å². The molecule has 2 aromatic rings. The van der Waals surface area contributed by atoms with Gasteiger partial charge in [0.05, 0.1) is 18.9 Å². The smallest absolute Gasteiger partial charge is 0.255 e. The van der Waals surface area contributed by atoms with Crippen molar-refractivity contribution in [2.75, 3.05) is 31.6 Å². The second-order valence-corrected chi connectivity index (χ2v) is 6.27. The maximum atomic E-state index is 12.4. The third-order valence-corrected chi connectivity index (χ3v) is 4.51. The molecule has 0 atom stereocenters. The summed E-state index contributed by atoms with van der Waals surface area (Å²) >= 11 is 3.40. The lowest BCUT2D eigenvalue weighted by atomic mass is 10.1. The van der Waals surface area contributed by atoms with Gasteiger partial charge in [0.25, 0.3) is 11.8 Å². The van der Waals surface area contributed by atoms with Gasteiger partial charge in [-0.2, -0.15) is 0 Å². The molecule has 0 radical (unpaired) electrons. The van der Waals surface area contributed by atoms with E-state index in [-0.39, 0.29) is 11.8 Å². The molecule has 5 nitrogen and oxygen atoms in total. The van der Waals surface area contributed by atoms with E-state index in [0.717, 1.165) is 4.47 Å². The average Bonchev–Trinajstić information content (AvgIpc) is 2.64. The largest absolute Gasteiger partial charge is 0.378 e. The van der Waals surface area contributed by atoms with Gasteiger partial charge in [0, 0.05) is 28.7 Å². The first-order chi connectivity index (χ1) is 11.6. The molecule has 1 aliphatic heterocycles. The lowest BCUT2D eigenvalue weighted by Crippen LogP contribution is -2.40. The Kier molecular flexibility index (Phi) is 5.27. The van der Waals surface area contributed by atoms with Crippen LogP contribution in [0, 0.1) is 0 Å². The fraction of sp³-hybridized carbons (Fsp3) is 0.222. The number of hydrogen-bond donors (Lipinski definition) is 1. The molecule has 1 saturated heterocycles. The van der Waals surface area contributed by atoms with Gasteiger partial charge >= 0.3 is 0 Å². The van der Waals surface area contributed by atoms with Crippen LogP contribution in [0.2, 0.25) is 0 Å². The predicted molar refractivity (Wildman–Crippen MR) is 95.3 cm³/mol. The van der Waals surface area contributed by atoms with Crippen molar-refractivity contribution in [2.24, 2.45) is 0 Å². The van der Waals surface area contributed by atoms with Crippen LogP contribution >= 0.6 is 15.9 Å². The number of para-hydroxylation sites is 1. The van der Waals surface area contributed by atoms with Crippen LogP contribution in [0.1, 0.15) is 20.7 Å². The van der Waals surface area contributed by atoms with Gasteiger partial charge in [0.2, 0.25) is 0 Å². The highest BCUT2D eigenvalue weighted by Crippen LogP contribution is 2.22. The fourth-order valence-corrected chi connectivity index (χ4v) is 2.85. The standard InChI is InChI=1S/C18H17BrN2O3/c19-15-3-1-2-4-16(15)20-17(22)13-5-7-14(8-6-13)18(23)21-9-11-24-12-10-21/h1-8H,9-12H2,(H,20,22). The molecule has 0 aliphatic carbocycles. The Labute approximate surface area is 148 Å². The molecule has 1 heterocycles. The molecule has 3 rings (SSSR count). The quantitative estimate of drug-likeness (QED) is 0.878. The molecule has 0 bridgehead atoms. The van der Waals surface area contributed by atoms with E-state index in [0.29, 0.717) is 43.1 Å². The van der Waals surface area contributed by atoms with Crippen LogP contribution in [0.5, 0.6) is 0 Å². The predicted octanol–water partition coefficient (Wildman–Crippen LogP) is 3.17. The van der Waals surface area contributed by atoms with Crippen molar-refractivity contribution in [1.82, 2.24) is 4.90 Å². The zero-order chi connectivity index (χ0) is 16.9. The zero-order valence-corrected chi connectivity index (χ0v) is 14.6. The van der Waals surface area contributed by atoms with Gasteiger partial charge in [0.15, 0.2) is 0 Å². The number of nitrogens with one attached hydrogen (secondary N) is 1. The minimum atomic E-state index is -0.215. The number of anilines is 1. The lowest BCUT2D eigenvalue weighted by molar-refractivity contribution is 0.0303. The highest BCUT2D eigenvalue weighted by atomic mass is 79.9. The van der Waals surface area contributed by atoms with Crippen LogP contribution in [-0.2, 0) is 4.74 Å². The minimum absolute atomic E-state index is 0.0314. The molecule has 6 heteroatoms. The maximum Gasteiger partial charge on any atom is 0.255 e. The molecule has 0 saturated carbocycles. The Morgan fingerprint density at radius 3 is 2.25 bits per heavy atom. The van der Waals surface area contributed by atoms with E-state index in [1.54, 1.807) is 29.2 Å². The van der Waals surface area contributed by atoms with Gasteiger partial charge in [-0.15, -0.1) is 0 Å².